The van der Waals surface area contributed by atoms with E-state index in [0.717, 1.165) is 11.6 Å². The molecule has 2 heterocycles. The zero-order valence-electron chi connectivity index (χ0n) is 12.9. The number of hydrogen-bond acceptors (Lipinski definition) is 5. The minimum absolute atomic E-state index is 0.0302. The van der Waals surface area contributed by atoms with Crippen molar-refractivity contribution in [1.82, 2.24) is 9.78 Å². The van der Waals surface area contributed by atoms with E-state index < -0.39 is 17.7 Å². The topological polar surface area (TPSA) is 62.6 Å². The van der Waals surface area contributed by atoms with E-state index in [1.54, 1.807) is 0 Å². The van der Waals surface area contributed by atoms with Gasteiger partial charge in [-0.2, -0.15) is 4.39 Å². The van der Waals surface area contributed by atoms with Crippen LogP contribution >= 0.6 is 0 Å². The van der Waals surface area contributed by atoms with Gasteiger partial charge in [0, 0.05) is 13.2 Å². The third-order valence-corrected chi connectivity index (χ3v) is 3.80. The van der Waals surface area contributed by atoms with Gasteiger partial charge in [0.15, 0.2) is 0 Å². The van der Waals surface area contributed by atoms with E-state index >= 15 is 0 Å². The summed E-state index contributed by atoms with van der Waals surface area (Å²) in [5.41, 5.74) is 0.923. The largest absolute Gasteiger partial charge is 0.353 e. The van der Waals surface area contributed by atoms with Crippen molar-refractivity contribution in [3.8, 4) is 0 Å². The molecule has 1 saturated heterocycles. The van der Waals surface area contributed by atoms with Crippen LogP contribution in [0.3, 0.4) is 0 Å². The Morgan fingerprint density at radius 1 is 1.35 bits per heavy atom. The first-order chi connectivity index (χ1) is 11.1. The van der Waals surface area contributed by atoms with Crippen molar-refractivity contribution >= 4 is 5.78 Å². The van der Waals surface area contributed by atoms with Crippen LogP contribution in [0.15, 0.2) is 36.4 Å². The number of halogens is 1. The second-order valence-corrected chi connectivity index (χ2v) is 5.17. The average Bonchev–Trinajstić information content (AvgIpc) is 3.21. The van der Waals surface area contributed by atoms with E-state index in [1.807, 2.05) is 37.3 Å². The molecule has 1 aliphatic heterocycles. The number of benzene rings is 1. The first kappa shape index (κ1) is 15.8. The van der Waals surface area contributed by atoms with Gasteiger partial charge in [0.1, 0.15) is 5.69 Å². The van der Waals surface area contributed by atoms with Gasteiger partial charge in [0.25, 0.3) is 5.78 Å². The van der Waals surface area contributed by atoms with Crippen molar-refractivity contribution in [2.24, 2.45) is 0 Å². The van der Waals surface area contributed by atoms with E-state index in [9.17, 15) is 9.18 Å². The normalized spacial score (nSPS) is 18.0. The predicted octanol–water partition coefficient (Wildman–Crippen LogP) is 2.16. The van der Waals surface area contributed by atoms with Gasteiger partial charge >= 0.3 is 5.97 Å². The number of carbonyl (C=O) groups is 1. The van der Waals surface area contributed by atoms with Crippen molar-refractivity contribution in [3.05, 3.63) is 53.6 Å². The molecule has 0 amide bonds. The molecule has 0 N–H and O–H groups in total. The van der Waals surface area contributed by atoms with Gasteiger partial charge in [-0.05, 0) is 12.5 Å². The molecule has 0 spiro atoms. The molecule has 0 bridgehead atoms. The Morgan fingerprint density at radius 2 is 2.00 bits per heavy atom. The summed E-state index contributed by atoms with van der Waals surface area (Å²) in [5.74, 6) is -3.20. The highest BCUT2D eigenvalue weighted by Crippen LogP contribution is 2.28. The van der Waals surface area contributed by atoms with Crippen molar-refractivity contribution in [2.45, 2.75) is 18.9 Å². The van der Waals surface area contributed by atoms with Gasteiger partial charge in [0.2, 0.25) is 5.95 Å². The summed E-state index contributed by atoms with van der Waals surface area (Å²) >= 11 is 0. The fraction of sp³-hybridized carbons (Fsp3) is 0.375. The molecule has 1 fully saturated rings. The molecule has 23 heavy (non-hydrogen) atoms. The van der Waals surface area contributed by atoms with Gasteiger partial charge in [-0.3, -0.25) is 9.48 Å². The van der Waals surface area contributed by atoms with Crippen molar-refractivity contribution in [1.29, 1.82) is 0 Å². The maximum absolute atomic E-state index is 13.7. The lowest BCUT2D eigenvalue weighted by molar-refractivity contribution is -0.278. The van der Waals surface area contributed by atoms with Crippen molar-refractivity contribution in [2.75, 3.05) is 20.3 Å². The molecule has 2 aromatic rings. The molecule has 7 heteroatoms. The summed E-state index contributed by atoms with van der Waals surface area (Å²) in [6, 6.07) is 10.1. The Bertz CT molecular complexity index is 695. The Hall–Kier alpha value is -2.09. The molecule has 3 rings (SSSR count). The first-order valence-corrected chi connectivity index (χ1v) is 7.25. The highest BCUT2D eigenvalue weighted by Gasteiger charge is 2.47. The molecular weight excluding hydrogens is 303 g/mol. The molecule has 0 saturated carbocycles. The van der Waals surface area contributed by atoms with Crippen LogP contribution < -0.4 is 0 Å². The predicted molar refractivity (Wildman–Crippen MR) is 78.4 cm³/mol. The number of nitrogens with zero attached hydrogens (tertiary/aromatic N) is 2. The number of aromatic nitrogens is 2. The summed E-state index contributed by atoms with van der Waals surface area (Å²) in [4.78, 5) is 12.8. The van der Waals surface area contributed by atoms with Crippen LogP contribution in [0.1, 0.15) is 29.0 Å². The van der Waals surface area contributed by atoms with Crippen LogP contribution in [0.4, 0.5) is 4.39 Å². The van der Waals surface area contributed by atoms with Crippen LogP contribution in [0.25, 0.3) is 0 Å². The number of Topliss-reactive ketones (excluding diaryl/α,β-unsaturated/α-hetero) is 1. The van der Waals surface area contributed by atoms with Gasteiger partial charge in [-0.1, -0.05) is 30.3 Å². The lowest BCUT2D eigenvalue weighted by Crippen LogP contribution is -2.43. The monoisotopic (exact) mass is 320 g/mol. The second-order valence-electron chi connectivity index (χ2n) is 5.17. The summed E-state index contributed by atoms with van der Waals surface area (Å²) in [6.45, 7) is 2.28. The van der Waals surface area contributed by atoms with E-state index in [0.29, 0.717) is 0 Å². The SMILES string of the molecule is COC1(C(=O)c2cc(F)nn2[C@H](C)c2ccccc2)OCCO1. The fourth-order valence-electron chi connectivity index (χ4n) is 2.59. The number of carbonyl (C=O) groups excluding carboxylic acids is 1. The van der Waals surface area contributed by atoms with E-state index in [2.05, 4.69) is 5.10 Å². The molecule has 0 unspecified atom stereocenters. The number of methoxy groups -OCH3 is 1. The maximum Gasteiger partial charge on any atom is 0.353 e. The Balaban J connectivity index is 1.99. The average molecular weight is 320 g/mol. The number of rotatable bonds is 5. The van der Waals surface area contributed by atoms with E-state index in [-0.39, 0.29) is 24.9 Å². The highest BCUT2D eigenvalue weighted by atomic mass is 19.1. The second kappa shape index (κ2) is 6.19. The van der Waals surface area contributed by atoms with E-state index in [4.69, 9.17) is 14.2 Å². The lowest BCUT2D eigenvalue weighted by Gasteiger charge is -2.24. The molecule has 0 radical (unpaired) electrons. The summed E-state index contributed by atoms with van der Waals surface area (Å²) in [6.07, 6.45) is 0. The van der Waals surface area contributed by atoms with Gasteiger partial charge < -0.3 is 14.2 Å². The van der Waals surface area contributed by atoms with Crippen LogP contribution in [0.2, 0.25) is 0 Å². The third-order valence-electron chi connectivity index (χ3n) is 3.80. The molecule has 1 atom stereocenters. The summed E-state index contributed by atoms with van der Waals surface area (Å²) in [7, 11) is 1.31. The molecule has 1 aromatic carbocycles. The highest BCUT2D eigenvalue weighted by molar-refractivity contribution is 5.99. The summed E-state index contributed by atoms with van der Waals surface area (Å²) in [5, 5.41) is 3.81. The number of ketones is 1. The van der Waals surface area contributed by atoms with Gasteiger partial charge in [0.05, 0.1) is 19.3 Å². The zero-order valence-corrected chi connectivity index (χ0v) is 12.9. The van der Waals surface area contributed by atoms with Crippen LogP contribution in [-0.2, 0) is 14.2 Å². The lowest BCUT2D eigenvalue weighted by atomic mass is 10.1. The van der Waals surface area contributed by atoms with Crippen LogP contribution in [0, 0.1) is 5.95 Å². The molecule has 6 nitrogen and oxygen atoms in total. The van der Waals surface area contributed by atoms with Crippen molar-refractivity contribution < 1.29 is 23.4 Å². The molecule has 122 valence electrons. The molecule has 0 aliphatic carbocycles. The molecular formula is C16H17FN2O4. The minimum atomic E-state index is -1.83. The van der Waals surface area contributed by atoms with Crippen LogP contribution in [-0.4, -0.2) is 41.9 Å². The Labute approximate surface area is 132 Å². The first-order valence-electron chi connectivity index (χ1n) is 7.25. The van der Waals surface area contributed by atoms with E-state index in [1.165, 1.54) is 11.8 Å². The quantitative estimate of drug-likeness (QED) is 0.790. The maximum atomic E-state index is 13.7. The smallest absolute Gasteiger partial charge is 0.324 e. The third kappa shape index (κ3) is 2.78. The number of hydrogen-bond donors (Lipinski definition) is 0. The Morgan fingerprint density at radius 3 is 2.61 bits per heavy atom. The standard InChI is InChI=1S/C16H17FN2O4/c1-11(12-6-4-3-5-7-12)19-13(10-14(17)18-19)15(20)16(21-2)22-8-9-23-16/h3-7,10-11H,8-9H2,1-2H3/t11-/m1/s1. The Kier molecular flexibility index (Phi) is 4.25. The van der Waals surface area contributed by atoms with Gasteiger partial charge in [-0.15, -0.1) is 5.10 Å². The van der Waals surface area contributed by atoms with Crippen LogP contribution in [0.5, 0.6) is 0 Å². The van der Waals surface area contributed by atoms with Gasteiger partial charge in [-0.25, -0.2) is 0 Å². The molecule has 1 aromatic heterocycles. The minimum Gasteiger partial charge on any atom is -0.324 e. The molecule has 1 aliphatic rings. The zero-order chi connectivity index (χ0) is 16.4. The summed E-state index contributed by atoms with van der Waals surface area (Å²) < 4.78 is 30.8. The van der Waals surface area contributed by atoms with Crippen molar-refractivity contribution in [3.63, 3.8) is 0 Å². The fourth-order valence-corrected chi connectivity index (χ4v) is 2.59. The number of ether oxygens (including phenoxy) is 3.